The van der Waals surface area contributed by atoms with E-state index in [0.717, 1.165) is 12.2 Å². The van der Waals surface area contributed by atoms with E-state index in [4.69, 9.17) is 4.42 Å². The van der Waals surface area contributed by atoms with Crippen LogP contribution >= 0.6 is 0 Å². The van der Waals surface area contributed by atoms with Gasteiger partial charge < -0.3 is 9.73 Å². The van der Waals surface area contributed by atoms with Crippen LogP contribution in [0.4, 0.5) is 0 Å². The molecule has 0 saturated heterocycles. The van der Waals surface area contributed by atoms with Crippen molar-refractivity contribution < 1.29 is 4.42 Å². The Balaban J connectivity index is 2.08. The SMILES string of the molecule is CNC(c1ccccc1)C(C)Cc1ccco1. The van der Waals surface area contributed by atoms with Gasteiger partial charge in [0.05, 0.1) is 6.26 Å². The molecule has 2 heteroatoms. The fourth-order valence-corrected chi connectivity index (χ4v) is 2.30. The van der Waals surface area contributed by atoms with E-state index in [-0.39, 0.29) is 0 Å². The van der Waals surface area contributed by atoms with Gasteiger partial charge in [-0.15, -0.1) is 0 Å². The molecule has 0 fully saturated rings. The predicted octanol–water partition coefficient (Wildman–Crippen LogP) is 3.42. The maximum Gasteiger partial charge on any atom is 0.104 e. The number of benzene rings is 1. The second-order valence-corrected chi connectivity index (χ2v) is 4.44. The van der Waals surface area contributed by atoms with Gasteiger partial charge in [0.15, 0.2) is 0 Å². The van der Waals surface area contributed by atoms with Crippen LogP contribution in [0.1, 0.15) is 24.3 Å². The lowest BCUT2D eigenvalue weighted by atomic mass is 9.91. The molecule has 0 saturated carbocycles. The van der Waals surface area contributed by atoms with Crippen LogP contribution in [0, 0.1) is 5.92 Å². The van der Waals surface area contributed by atoms with Gasteiger partial charge in [-0.3, -0.25) is 0 Å². The zero-order chi connectivity index (χ0) is 12.1. The van der Waals surface area contributed by atoms with Crippen LogP contribution in [0.3, 0.4) is 0 Å². The molecule has 0 aliphatic carbocycles. The number of hydrogen-bond acceptors (Lipinski definition) is 2. The Morgan fingerprint density at radius 1 is 1.12 bits per heavy atom. The first-order valence-corrected chi connectivity index (χ1v) is 6.06. The molecule has 2 aromatic rings. The molecule has 2 atom stereocenters. The molecule has 2 unspecified atom stereocenters. The summed E-state index contributed by atoms with van der Waals surface area (Å²) in [5, 5.41) is 3.39. The number of rotatable bonds is 5. The lowest BCUT2D eigenvalue weighted by molar-refractivity contribution is 0.374. The first-order chi connectivity index (χ1) is 8.31. The highest BCUT2D eigenvalue weighted by molar-refractivity contribution is 5.20. The maximum absolute atomic E-state index is 5.41. The molecule has 2 nitrogen and oxygen atoms in total. The smallest absolute Gasteiger partial charge is 0.104 e. The lowest BCUT2D eigenvalue weighted by Gasteiger charge is -2.23. The Hall–Kier alpha value is -1.54. The van der Waals surface area contributed by atoms with Crippen molar-refractivity contribution in [3.63, 3.8) is 0 Å². The van der Waals surface area contributed by atoms with Gasteiger partial charge in [0.25, 0.3) is 0 Å². The highest BCUT2D eigenvalue weighted by Crippen LogP contribution is 2.24. The summed E-state index contributed by atoms with van der Waals surface area (Å²) in [5.74, 6) is 1.54. The quantitative estimate of drug-likeness (QED) is 0.849. The Kier molecular flexibility index (Phi) is 3.99. The van der Waals surface area contributed by atoms with Crippen molar-refractivity contribution in [2.24, 2.45) is 5.92 Å². The van der Waals surface area contributed by atoms with Crippen LogP contribution < -0.4 is 5.32 Å². The van der Waals surface area contributed by atoms with Gasteiger partial charge in [-0.25, -0.2) is 0 Å². The summed E-state index contributed by atoms with van der Waals surface area (Å²) < 4.78 is 5.41. The summed E-state index contributed by atoms with van der Waals surface area (Å²) in [6.07, 6.45) is 2.69. The highest BCUT2D eigenvalue weighted by atomic mass is 16.3. The van der Waals surface area contributed by atoms with Crippen LogP contribution in [0.15, 0.2) is 53.1 Å². The van der Waals surface area contributed by atoms with Gasteiger partial charge in [-0.1, -0.05) is 37.3 Å². The van der Waals surface area contributed by atoms with Crippen LogP contribution in [0.5, 0.6) is 0 Å². The van der Waals surface area contributed by atoms with Crippen LogP contribution in [0.25, 0.3) is 0 Å². The molecular formula is C15H19NO. The second-order valence-electron chi connectivity index (χ2n) is 4.44. The lowest BCUT2D eigenvalue weighted by Crippen LogP contribution is -2.24. The molecule has 0 aliphatic heterocycles. The fourth-order valence-electron chi connectivity index (χ4n) is 2.30. The third-order valence-corrected chi connectivity index (χ3v) is 3.14. The van der Waals surface area contributed by atoms with Crippen molar-refractivity contribution in [2.45, 2.75) is 19.4 Å². The third-order valence-electron chi connectivity index (χ3n) is 3.14. The van der Waals surface area contributed by atoms with Crippen molar-refractivity contribution >= 4 is 0 Å². The van der Waals surface area contributed by atoms with E-state index in [1.165, 1.54) is 5.56 Å². The molecule has 90 valence electrons. The minimum Gasteiger partial charge on any atom is -0.469 e. The number of furan rings is 1. The molecule has 1 heterocycles. The van der Waals surface area contributed by atoms with Crippen LogP contribution in [-0.2, 0) is 6.42 Å². The molecule has 0 spiro atoms. The summed E-state index contributed by atoms with van der Waals surface area (Å²) in [7, 11) is 2.01. The Labute approximate surface area is 103 Å². The molecular weight excluding hydrogens is 210 g/mol. The first kappa shape index (κ1) is 11.9. The van der Waals surface area contributed by atoms with Crippen molar-refractivity contribution in [1.82, 2.24) is 5.32 Å². The number of nitrogens with one attached hydrogen (secondary N) is 1. The average molecular weight is 229 g/mol. The Bertz CT molecular complexity index is 421. The molecule has 0 bridgehead atoms. The van der Waals surface area contributed by atoms with E-state index < -0.39 is 0 Å². The van der Waals surface area contributed by atoms with Crippen molar-refractivity contribution in [1.29, 1.82) is 0 Å². The molecule has 0 amide bonds. The predicted molar refractivity (Wildman–Crippen MR) is 69.8 cm³/mol. The van der Waals surface area contributed by atoms with Crippen molar-refractivity contribution in [3.05, 3.63) is 60.1 Å². The molecule has 0 radical (unpaired) electrons. The molecule has 2 rings (SSSR count). The highest BCUT2D eigenvalue weighted by Gasteiger charge is 2.18. The van der Waals surface area contributed by atoms with E-state index in [1.54, 1.807) is 6.26 Å². The van der Waals surface area contributed by atoms with Gasteiger partial charge in [0.2, 0.25) is 0 Å². The summed E-state index contributed by atoms with van der Waals surface area (Å²) in [4.78, 5) is 0. The topological polar surface area (TPSA) is 25.2 Å². The molecule has 17 heavy (non-hydrogen) atoms. The minimum atomic E-state index is 0.362. The third kappa shape index (κ3) is 2.98. The molecule has 1 aromatic carbocycles. The van der Waals surface area contributed by atoms with Crippen molar-refractivity contribution in [3.8, 4) is 0 Å². The van der Waals surface area contributed by atoms with Gasteiger partial charge in [-0.2, -0.15) is 0 Å². The van der Waals surface area contributed by atoms with E-state index in [2.05, 4.69) is 36.5 Å². The monoisotopic (exact) mass is 229 g/mol. The molecule has 1 aromatic heterocycles. The summed E-state index contributed by atoms with van der Waals surface area (Å²) >= 11 is 0. The first-order valence-electron chi connectivity index (χ1n) is 6.06. The Morgan fingerprint density at radius 2 is 1.88 bits per heavy atom. The van der Waals surface area contributed by atoms with E-state index in [9.17, 15) is 0 Å². The number of hydrogen-bond donors (Lipinski definition) is 1. The normalized spacial score (nSPS) is 14.5. The largest absolute Gasteiger partial charge is 0.469 e. The van der Waals surface area contributed by atoms with Gasteiger partial charge in [0.1, 0.15) is 5.76 Å². The standard InChI is InChI=1S/C15H19NO/c1-12(11-14-9-6-10-17-14)15(16-2)13-7-4-3-5-8-13/h3-10,12,15-16H,11H2,1-2H3. The average Bonchev–Trinajstić information content (AvgIpc) is 2.84. The minimum absolute atomic E-state index is 0.362. The zero-order valence-corrected chi connectivity index (χ0v) is 10.4. The van der Waals surface area contributed by atoms with Crippen LogP contribution in [-0.4, -0.2) is 7.05 Å². The maximum atomic E-state index is 5.41. The Morgan fingerprint density at radius 3 is 2.47 bits per heavy atom. The van der Waals surface area contributed by atoms with Gasteiger partial charge >= 0.3 is 0 Å². The summed E-state index contributed by atoms with van der Waals surface area (Å²) in [5.41, 5.74) is 1.33. The van der Waals surface area contributed by atoms with Gasteiger partial charge in [0, 0.05) is 12.5 Å². The van der Waals surface area contributed by atoms with E-state index in [0.29, 0.717) is 12.0 Å². The molecule has 0 aliphatic rings. The van der Waals surface area contributed by atoms with E-state index >= 15 is 0 Å². The fraction of sp³-hybridized carbons (Fsp3) is 0.333. The van der Waals surface area contributed by atoms with Gasteiger partial charge in [-0.05, 0) is 30.7 Å². The van der Waals surface area contributed by atoms with Crippen molar-refractivity contribution in [2.75, 3.05) is 7.05 Å². The second kappa shape index (κ2) is 5.69. The van der Waals surface area contributed by atoms with Crippen LogP contribution in [0.2, 0.25) is 0 Å². The summed E-state index contributed by atoms with van der Waals surface area (Å²) in [6, 6.07) is 14.9. The molecule has 1 N–H and O–H groups in total. The van der Waals surface area contributed by atoms with E-state index in [1.807, 2.05) is 25.2 Å². The zero-order valence-electron chi connectivity index (χ0n) is 10.4. The summed E-state index contributed by atoms with van der Waals surface area (Å²) in [6.45, 7) is 2.25.